The molecule has 0 fully saturated rings. The maximum Gasteiger partial charge on any atom is 0.416 e. The monoisotopic (exact) mass is 504 g/mol. The van der Waals surface area contributed by atoms with Crippen LogP contribution in [0, 0.1) is 6.92 Å². The highest BCUT2D eigenvalue weighted by atomic mass is 32.1. The molecule has 0 aliphatic heterocycles. The molecule has 0 aliphatic rings. The lowest BCUT2D eigenvalue weighted by atomic mass is 10.1. The van der Waals surface area contributed by atoms with Crippen LogP contribution in [-0.4, -0.2) is 26.6 Å². The van der Waals surface area contributed by atoms with Crippen molar-refractivity contribution in [1.29, 1.82) is 0 Å². The van der Waals surface area contributed by atoms with Crippen molar-refractivity contribution in [3.8, 4) is 16.3 Å². The number of hydrogen-bond donors (Lipinski definition) is 1. The summed E-state index contributed by atoms with van der Waals surface area (Å²) in [5.74, 6) is -0.590. The van der Waals surface area contributed by atoms with Crippen LogP contribution in [0.25, 0.3) is 10.6 Å². The molecule has 1 aromatic heterocycles. The highest BCUT2D eigenvalue weighted by molar-refractivity contribution is 7.15. The topological polar surface area (TPSA) is 62.7 Å². The first-order valence-electron chi connectivity index (χ1n) is 10.8. The normalized spacial score (nSPS) is 11.9. The van der Waals surface area contributed by atoms with E-state index in [0.29, 0.717) is 29.4 Å². The van der Waals surface area contributed by atoms with Crippen LogP contribution in [0.15, 0.2) is 60.8 Å². The number of alkyl halides is 3. The van der Waals surface area contributed by atoms with Gasteiger partial charge in [0.1, 0.15) is 10.8 Å². The number of nitrogens with zero attached hydrogens (tertiary/aromatic N) is 2. The lowest BCUT2D eigenvalue weighted by Gasteiger charge is -2.25. The average Bonchev–Trinajstić information content (AvgIpc) is 3.14. The lowest BCUT2D eigenvalue weighted by Crippen LogP contribution is -2.37. The van der Waals surface area contributed by atoms with Gasteiger partial charge in [-0.2, -0.15) is 13.2 Å². The minimum Gasteiger partial charge on any atom is -0.478 e. The van der Waals surface area contributed by atoms with Crippen molar-refractivity contribution >= 4 is 17.3 Å². The molecule has 0 radical (unpaired) electrons. The van der Waals surface area contributed by atoms with Crippen LogP contribution in [-0.2, 0) is 24.1 Å². The number of aryl methyl sites for hydroxylation is 1. The second kappa shape index (κ2) is 10.1. The third-order valence-corrected chi connectivity index (χ3v) is 6.60. The van der Waals surface area contributed by atoms with Crippen LogP contribution in [0.5, 0.6) is 5.75 Å². The Kier molecular flexibility index (Phi) is 7.59. The van der Waals surface area contributed by atoms with Gasteiger partial charge in [-0.25, -0.2) is 9.78 Å². The summed E-state index contributed by atoms with van der Waals surface area (Å²) >= 11 is 1.44. The molecular formula is C26H27F3N2O3S. The van der Waals surface area contributed by atoms with Gasteiger partial charge in [0.15, 0.2) is 5.60 Å². The number of carbonyl (C=O) groups is 1. The Hall–Kier alpha value is -3.33. The standard InChI is InChI=1S/C26H27F3N2O3S/c1-16(2)31(14-18-6-12-21(13-7-18)34-25(4,5)24(32)33)15-22-17(3)30-23(35-22)19-8-10-20(11-9-19)26(27,28)29/h6-13H,1,14-15H2,2-5H3,(H,32,33). The Morgan fingerprint density at radius 3 is 2.20 bits per heavy atom. The third kappa shape index (κ3) is 6.63. The highest BCUT2D eigenvalue weighted by Gasteiger charge is 2.30. The fourth-order valence-corrected chi connectivity index (χ4v) is 4.30. The van der Waals surface area contributed by atoms with E-state index in [1.54, 1.807) is 12.1 Å². The van der Waals surface area contributed by atoms with E-state index in [0.717, 1.165) is 34.0 Å². The molecule has 0 unspecified atom stereocenters. The van der Waals surface area contributed by atoms with Crippen molar-refractivity contribution in [3.05, 3.63) is 82.5 Å². The molecule has 0 amide bonds. The zero-order chi connectivity index (χ0) is 26.0. The molecule has 1 N–H and O–H groups in total. The smallest absolute Gasteiger partial charge is 0.416 e. The molecule has 2 aromatic carbocycles. The SMILES string of the molecule is C=C(C)N(Cc1ccc(OC(C)(C)C(=O)O)cc1)Cc1sc(-c2ccc(C(F)(F)F)cc2)nc1C. The maximum atomic E-state index is 12.9. The van der Waals surface area contributed by atoms with Gasteiger partial charge in [0.2, 0.25) is 0 Å². The summed E-state index contributed by atoms with van der Waals surface area (Å²) in [4.78, 5) is 18.9. The van der Waals surface area contributed by atoms with Crippen LogP contribution in [0.2, 0.25) is 0 Å². The Morgan fingerprint density at radius 1 is 1.09 bits per heavy atom. The fraction of sp³-hybridized carbons (Fsp3) is 0.308. The second-order valence-electron chi connectivity index (χ2n) is 8.76. The van der Waals surface area contributed by atoms with Crippen molar-refractivity contribution in [2.24, 2.45) is 0 Å². The predicted molar refractivity (Wildman–Crippen MR) is 130 cm³/mol. The second-order valence-corrected chi connectivity index (χ2v) is 9.84. The van der Waals surface area contributed by atoms with E-state index in [2.05, 4.69) is 16.5 Å². The number of ether oxygens (including phenoxy) is 1. The molecule has 3 aromatic rings. The van der Waals surface area contributed by atoms with E-state index in [-0.39, 0.29) is 0 Å². The minimum atomic E-state index is -4.37. The quantitative estimate of drug-likeness (QED) is 0.343. The van der Waals surface area contributed by atoms with Gasteiger partial charge in [0.25, 0.3) is 0 Å². The zero-order valence-electron chi connectivity index (χ0n) is 19.9. The Balaban J connectivity index is 1.73. The van der Waals surface area contributed by atoms with Crippen LogP contribution >= 0.6 is 11.3 Å². The van der Waals surface area contributed by atoms with Gasteiger partial charge >= 0.3 is 12.1 Å². The molecule has 0 spiro atoms. The molecule has 0 aliphatic carbocycles. The molecule has 5 nitrogen and oxygen atoms in total. The summed E-state index contributed by atoms with van der Waals surface area (Å²) in [6, 6.07) is 12.2. The largest absolute Gasteiger partial charge is 0.478 e. The van der Waals surface area contributed by atoms with Crippen LogP contribution in [0.1, 0.15) is 42.5 Å². The van der Waals surface area contributed by atoms with Gasteiger partial charge in [-0.1, -0.05) is 30.8 Å². The first-order chi connectivity index (χ1) is 16.3. The van der Waals surface area contributed by atoms with Crippen molar-refractivity contribution < 1.29 is 27.8 Å². The van der Waals surface area contributed by atoms with Gasteiger partial charge < -0.3 is 14.7 Å². The Morgan fingerprint density at radius 2 is 1.69 bits per heavy atom. The van der Waals surface area contributed by atoms with Crippen molar-refractivity contribution in [2.75, 3.05) is 0 Å². The molecule has 0 saturated heterocycles. The molecule has 0 saturated carbocycles. The lowest BCUT2D eigenvalue weighted by molar-refractivity contribution is -0.152. The van der Waals surface area contributed by atoms with E-state index in [4.69, 9.17) is 4.74 Å². The number of halogens is 3. The van der Waals surface area contributed by atoms with Crippen LogP contribution in [0.4, 0.5) is 13.2 Å². The van der Waals surface area contributed by atoms with Crippen LogP contribution in [0.3, 0.4) is 0 Å². The van der Waals surface area contributed by atoms with E-state index >= 15 is 0 Å². The molecule has 9 heteroatoms. The molecule has 186 valence electrons. The van der Waals surface area contributed by atoms with E-state index in [1.165, 1.54) is 37.3 Å². The van der Waals surface area contributed by atoms with Gasteiger partial charge in [0, 0.05) is 22.7 Å². The summed E-state index contributed by atoms with van der Waals surface area (Å²) in [7, 11) is 0. The number of aromatic nitrogens is 1. The Labute approximate surface area is 206 Å². The Bertz CT molecular complexity index is 1200. The van der Waals surface area contributed by atoms with E-state index < -0.39 is 23.3 Å². The number of hydrogen-bond acceptors (Lipinski definition) is 5. The van der Waals surface area contributed by atoms with Crippen molar-refractivity contribution in [3.63, 3.8) is 0 Å². The van der Waals surface area contributed by atoms with Gasteiger partial charge in [-0.05, 0) is 57.5 Å². The summed E-state index contributed by atoms with van der Waals surface area (Å²) < 4.78 is 44.1. The summed E-state index contributed by atoms with van der Waals surface area (Å²) in [6.45, 7) is 11.9. The summed E-state index contributed by atoms with van der Waals surface area (Å²) in [5, 5.41) is 9.89. The van der Waals surface area contributed by atoms with E-state index in [1.807, 2.05) is 26.0 Å². The molecule has 1 heterocycles. The fourth-order valence-electron chi connectivity index (χ4n) is 3.22. The number of allylic oxidation sites excluding steroid dienone is 1. The number of rotatable bonds is 9. The molecular weight excluding hydrogens is 477 g/mol. The molecule has 3 rings (SSSR count). The summed E-state index contributed by atoms with van der Waals surface area (Å²) in [6.07, 6.45) is -4.37. The molecule has 35 heavy (non-hydrogen) atoms. The first kappa shape index (κ1) is 26.3. The number of thiazole rings is 1. The van der Waals surface area contributed by atoms with Crippen molar-refractivity contribution in [1.82, 2.24) is 9.88 Å². The predicted octanol–water partition coefficient (Wildman–Crippen LogP) is 6.92. The molecule has 0 atom stereocenters. The van der Waals surface area contributed by atoms with Gasteiger partial charge in [0.05, 0.1) is 17.8 Å². The molecule has 0 bridgehead atoms. The number of benzene rings is 2. The van der Waals surface area contributed by atoms with E-state index in [9.17, 15) is 23.1 Å². The zero-order valence-corrected chi connectivity index (χ0v) is 20.8. The number of aliphatic carboxylic acids is 1. The van der Waals surface area contributed by atoms with Gasteiger partial charge in [-0.3, -0.25) is 0 Å². The minimum absolute atomic E-state index is 0.461. The third-order valence-electron chi connectivity index (χ3n) is 5.41. The number of carboxylic acid groups (broad SMARTS) is 1. The number of carboxylic acids is 1. The van der Waals surface area contributed by atoms with Crippen molar-refractivity contribution in [2.45, 2.75) is 52.6 Å². The van der Waals surface area contributed by atoms with Crippen LogP contribution < -0.4 is 4.74 Å². The average molecular weight is 505 g/mol. The first-order valence-corrected chi connectivity index (χ1v) is 11.6. The highest BCUT2D eigenvalue weighted by Crippen LogP contribution is 2.33. The van der Waals surface area contributed by atoms with Gasteiger partial charge in [-0.15, -0.1) is 11.3 Å². The summed E-state index contributed by atoms with van der Waals surface area (Å²) in [5.41, 5.74) is 1.26. The maximum absolute atomic E-state index is 12.9.